The number of benzene rings is 2. The van der Waals surface area contributed by atoms with Gasteiger partial charge in [0, 0.05) is 32.2 Å². The van der Waals surface area contributed by atoms with Crippen LogP contribution in [-0.2, 0) is 0 Å². The number of hydrogen-bond acceptors (Lipinski definition) is 5. The van der Waals surface area contributed by atoms with E-state index in [2.05, 4.69) is 30.9 Å². The van der Waals surface area contributed by atoms with E-state index in [4.69, 9.17) is 0 Å². The summed E-state index contributed by atoms with van der Waals surface area (Å²) in [5, 5.41) is 14.6. The third-order valence-electron chi connectivity index (χ3n) is 4.43. The molecule has 0 spiro atoms. The molecule has 1 aliphatic rings. The molecule has 28 heavy (non-hydrogen) atoms. The lowest BCUT2D eigenvalue weighted by Crippen LogP contribution is -2.45. The number of nitrogens with zero attached hydrogens (tertiary/aromatic N) is 2. The van der Waals surface area contributed by atoms with Gasteiger partial charge in [-0.2, -0.15) is 0 Å². The van der Waals surface area contributed by atoms with E-state index in [0.717, 1.165) is 18.7 Å². The van der Waals surface area contributed by atoms with Crippen molar-refractivity contribution in [2.75, 3.05) is 26.2 Å². The van der Waals surface area contributed by atoms with Gasteiger partial charge in [0.05, 0.1) is 15.4 Å². The lowest BCUT2D eigenvalue weighted by atomic mass is 9.96. The summed E-state index contributed by atoms with van der Waals surface area (Å²) in [5.74, 6) is -0.308. The molecular weight excluding hydrogens is 443 g/mol. The number of nitrogens with one attached hydrogen (secondary N) is 1. The Morgan fingerprint density at radius 1 is 1.11 bits per heavy atom. The maximum atomic E-state index is 12.4. The fourth-order valence-corrected chi connectivity index (χ4v) is 3.64. The molecule has 6 nitrogen and oxygen atoms in total. The lowest BCUT2D eigenvalue weighted by molar-refractivity contribution is -0.385. The zero-order valence-corrected chi connectivity index (χ0v) is 16.2. The van der Waals surface area contributed by atoms with Crippen molar-refractivity contribution in [1.29, 1.82) is 0 Å². The van der Waals surface area contributed by atoms with Gasteiger partial charge in [-0.1, -0.05) is 18.2 Å². The van der Waals surface area contributed by atoms with Crippen LogP contribution in [0.25, 0.3) is 0 Å². The summed E-state index contributed by atoms with van der Waals surface area (Å²) in [7, 11) is 0. The minimum Gasteiger partial charge on any atom is -0.406 e. The first-order chi connectivity index (χ1) is 13.2. The van der Waals surface area contributed by atoms with Crippen LogP contribution in [0.1, 0.15) is 17.2 Å². The summed E-state index contributed by atoms with van der Waals surface area (Å²) in [5.41, 5.74) is 1.36. The third-order valence-corrected chi connectivity index (χ3v) is 5.10. The first-order valence-electron chi connectivity index (χ1n) is 8.49. The Bertz CT molecular complexity index is 840. The van der Waals surface area contributed by atoms with Gasteiger partial charge in [0.15, 0.2) is 0 Å². The van der Waals surface area contributed by atoms with E-state index in [1.807, 2.05) is 0 Å². The molecule has 1 aliphatic heterocycles. The second kappa shape index (κ2) is 8.46. The molecular formula is C18H17BrF3N3O3. The van der Waals surface area contributed by atoms with Crippen LogP contribution in [0.15, 0.2) is 46.9 Å². The van der Waals surface area contributed by atoms with Crippen LogP contribution in [0.3, 0.4) is 0 Å². The van der Waals surface area contributed by atoms with Crippen molar-refractivity contribution in [3.63, 3.8) is 0 Å². The largest absolute Gasteiger partial charge is 0.573 e. The maximum absolute atomic E-state index is 12.4. The van der Waals surface area contributed by atoms with Crippen molar-refractivity contribution >= 4 is 21.6 Å². The molecule has 150 valence electrons. The minimum atomic E-state index is -4.76. The highest BCUT2D eigenvalue weighted by Gasteiger charge is 2.31. The fourth-order valence-electron chi connectivity index (χ4n) is 3.25. The molecule has 0 aliphatic carbocycles. The van der Waals surface area contributed by atoms with Crippen molar-refractivity contribution in [1.82, 2.24) is 10.2 Å². The molecule has 10 heteroatoms. The van der Waals surface area contributed by atoms with E-state index >= 15 is 0 Å². The summed E-state index contributed by atoms with van der Waals surface area (Å²) < 4.78 is 41.5. The topological polar surface area (TPSA) is 67.6 Å². The molecule has 3 rings (SSSR count). The van der Waals surface area contributed by atoms with Gasteiger partial charge in [0.25, 0.3) is 5.69 Å². The van der Waals surface area contributed by atoms with Gasteiger partial charge in [0.1, 0.15) is 5.75 Å². The van der Waals surface area contributed by atoms with Crippen LogP contribution in [0, 0.1) is 10.1 Å². The van der Waals surface area contributed by atoms with Crippen LogP contribution in [0.5, 0.6) is 5.75 Å². The lowest BCUT2D eigenvalue weighted by Gasteiger charge is -2.35. The monoisotopic (exact) mass is 459 g/mol. The van der Waals surface area contributed by atoms with Gasteiger partial charge in [-0.3, -0.25) is 15.0 Å². The Kier molecular flexibility index (Phi) is 6.21. The highest BCUT2D eigenvalue weighted by Crippen LogP contribution is 2.35. The van der Waals surface area contributed by atoms with Gasteiger partial charge in [-0.15, -0.1) is 13.2 Å². The average Bonchev–Trinajstić information content (AvgIpc) is 2.64. The van der Waals surface area contributed by atoms with Crippen LogP contribution in [0.2, 0.25) is 0 Å². The number of hydrogen-bond donors (Lipinski definition) is 1. The Morgan fingerprint density at radius 3 is 2.29 bits per heavy atom. The van der Waals surface area contributed by atoms with Gasteiger partial charge in [-0.05, 0) is 45.3 Å². The van der Waals surface area contributed by atoms with E-state index in [1.165, 1.54) is 18.2 Å². The van der Waals surface area contributed by atoms with Crippen molar-refractivity contribution in [3.05, 3.63) is 68.2 Å². The fraction of sp³-hybridized carbons (Fsp3) is 0.333. The Hall–Kier alpha value is -2.17. The van der Waals surface area contributed by atoms with Crippen molar-refractivity contribution in [2.24, 2.45) is 0 Å². The van der Waals surface area contributed by atoms with Crippen LogP contribution >= 0.6 is 15.9 Å². The average molecular weight is 460 g/mol. The van der Waals surface area contributed by atoms with Crippen LogP contribution in [0.4, 0.5) is 18.9 Å². The van der Waals surface area contributed by atoms with E-state index in [-0.39, 0.29) is 17.5 Å². The van der Waals surface area contributed by atoms with Gasteiger partial charge in [-0.25, -0.2) is 0 Å². The molecule has 1 N–H and O–H groups in total. The van der Waals surface area contributed by atoms with Crippen molar-refractivity contribution < 1.29 is 22.8 Å². The summed E-state index contributed by atoms with van der Waals surface area (Å²) in [6.07, 6.45) is -4.76. The molecule has 0 aromatic heterocycles. The number of ether oxygens (including phenoxy) is 1. The summed E-state index contributed by atoms with van der Waals surface area (Å²) in [6.45, 7) is 2.92. The molecule has 0 radical (unpaired) electrons. The van der Waals surface area contributed by atoms with Crippen molar-refractivity contribution in [3.8, 4) is 5.75 Å². The van der Waals surface area contributed by atoms with E-state index in [1.54, 1.807) is 24.3 Å². The normalized spacial score (nSPS) is 16.6. The Balaban J connectivity index is 1.98. The molecule has 1 saturated heterocycles. The van der Waals surface area contributed by atoms with Gasteiger partial charge >= 0.3 is 6.36 Å². The highest BCUT2D eigenvalue weighted by atomic mass is 79.9. The number of nitro benzene ring substituents is 1. The summed E-state index contributed by atoms with van der Waals surface area (Å²) in [4.78, 5) is 13.0. The smallest absolute Gasteiger partial charge is 0.406 e. The second-order valence-electron chi connectivity index (χ2n) is 6.27. The van der Waals surface area contributed by atoms with Gasteiger partial charge < -0.3 is 10.1 Å². The quantitative estimate of drug-likeness (QED) is 0.534. The van der Waals surface area contributed by atoms with Crippen LogP contribution in [-0.4, -0.2) is 42.4 Å². The predicted molar refractivity (Wildman–Crippen MR) is 100 cm³/mol. The Morgan fingerprint density at radius 2 is 1.71 bits per heavy atom. The van der Waals surface area contributed by atoms with Gasteiger partial charge in [0.2, 0.25) is 0 Å². The molecule has 0 saturated carbocycles. The number of halogens is 4. The molecule has 1 heterocycles. The predicted octanol–water partition coefficient (Wildman–Crippen LogP) is 4.25. The first-order valence-corrected chi connectivity index (χ1v) is 9.28. The zero-order chi connectivity index (χ0) is 20.3. The maximum Gasteiger partial charge on any atom is 0.573 e. The standard InChI is InChI=1S/C18H17BrF3N3O3/c19-15-6-3-13(11-16(15)25(26)27)17(24-9-7-23-8-10-24)12-1-4-14(5-2-12)28-18(20,21)22/h1-6,11,17,23H,7-10H2/t17-/m0/s1. The highest BCUT2D eigenvalue weighted by molar-refractivity contribution is 9.10. The third kappa shape index (κ3) is 5.00. The minimum absolute atomic E-state index is 0.0605. The SMILES string of the molecule is O=[N+]([O-])c1cc([C@H](c2ccc(OC(F)(F)F)cc2)N2CCNCC2)ccc1Br. The van der Waals surface area contributed by atoms with E-state index in [9.17, 15) is 23.3 Å². The molecule has 0 bridgehead atoms. The second-order valence-corrected chi connectivity index (χ2v) is 7.13. The molecule has 2 aromatic rings. The first kappa shape index (κ1) is 20.6. The summed E-state index contributed by atoms with van der Waals surface area (Å²) >= 11 is 3.18. The number of rotatable bonds is 5. The number of nitro groups is 1. The molecule has 2 aromatic carbocycles. The zero-order valence-electron chi connectivity index (χ0n) is 14.6. The summed E-state index contributed by atoms with van der Waals surface area (Å²) in [6, 6.07) is 10.2. The molecule has 0 amide bonds. The Labute approximate surface area is 167 Å². The molecule has 0 unspecified atom stereocenters. The van der Waals surface area contributed by atoms with E-state index in [0.29, 0.717) is 23.1 Å². The van der Waals surface area contributed by atoms with Crippen molar-refractivity contribution in [2.45, 2.75) is 12.4 Å². The number of piperazine rings is 1. The molecule has 1 fully saturated rings. The number of alkyl halides is 3. The molecule has 1 atom stereocenters. The van der Waals surface area contributed by atoms with E-state index < -0.39 is 11.3 Å². The van der Waals surface area contributed by atoms with Crippen LogP contribution < -0.4 is 10.1 Å².